The van der Waals surface area contributed by atoms with E-state index in [0.717, 1.165) is 23.9 Å². The van der Waals surface area contributed by atoms with Gasteiger partial charge < -0.3 is 20.3 Å². The maximum Gasteiger partial charge on any atom is 0.325 e. The minimum absolute atomic E-state index is 0.104. The molecule has 4 heterocycles. The van der Waals surface area contributed by atoms with Gasteiger partial charge in [0.15, 0.2) is 5.82 Å². The van der Waals surface area contributed by atoms with E-state index in [0.29, 0.717) is 36.9 Å². The van der Waals surface area contributed by atoms with Crippen LogP contribution < -0.4 is 16.2 Å². The number of piperidine rings is 1. The molecule has 36 heavy (non-hydrogen) atoms. The molecule has 3 aliphatic heterocycles. The van der Waals surface area contributed by atoms with Crippen molar-refractivity contribution >= 4 is 22.8 Å². The Bertz CT molecular complexity index is 1180. The van der Waals surface area contributed by atoms with Crippen molar-refractivity contribution in [2.24, 2.45) is 5.73 Å². The Kier molecular flexibility index (Phi) is 6.28. The Morgan fingerprint density at radius 3 is 2.28 bits per heavy atom. The van der Waals surface area contributed by atoms with E-state index in [4.69, 9.17) is 10.7 Å². The Hall–Kier alpha value is -2.45. The summed E-state index contributed by atoms with van der Waals surface area (Å²) in [5.41, 5.74) is 6.36. The molecule has 1 aromatic carbocycles. The summed E-state index contributed by atoms with van der Waals surface area (Å²) in [6.07, 6.45) is 14.2. The second kappa shape index (κ2) is 9.45. The van der Waals surface area contributed by atoms with Crippen LogP contribution in [0.3, 0.4) is 0 Å². The van der Waals surface area contributed by atoms with Crippen LogP contribution in [0, 0.1) is 0 Å². The Morgan fingerprint density at radius 2 is 1.61 bits per heavy atom. The number of benzene rings is 1. The first-order valence-electron chi connectivity index (χ1n) is 14.0. The molecular formula is C28H39N5O3. The summed E-state index contributed by atoms with van der Waals surface area (Å²) in [5, 5.41) is 9.61. The number of nitrogens with two attached hydrogens (primary N) is 1. The SMILES string of the molecule is NC1(C(=O)O)CCN(c2nc3ccccc3n([C@H]3C[C@H]4CC[C@@H](C3)N4C3CCCCCCC3)c2=O)C1. The van der Waals surface area contributed by atoms with E-state index < -0.39 is 11.5 Å². The molecule has 1 saturated carbocycles. The fourth-order valence-electron chi connectivity index (χ4n) is 7.62. The summed E-state index contributed by atoms with van der Waals surface area (Å²) in [6.45, 7) is 0.531. The number of carboxylic acids is 1. The van der Waals surface area contributed by atoms with E-state index in [1.807, 2.05) is 28.8 Å². The topological polar surface area (TPSA) is 105 Å². The van der Waals surface area contributed by atoms with Crippen LogP contribution in [0.25, 0.3) is 11.0 Å². The van der Waals surface area contributed by atoms with Crippen LogP contribution in [0.5, 0.6) is 0 Å². The minimum atomic E-state index is -1.34. The van der Waals surface area contributed by atoms with Gasteiger partial charge in [-0.05, 0) is 57.1 Å². The fraction of sp³-hybridized carbons (Fsp3) is 0.679. The molecule has 8 heteroatoms. The van der Waals surface area contributed by atoms with Crippen molar-refractivity contribution in [2.75, 3.05) is 18.0 Å². The van der Waals surface area contributed by atoms with Crippen molar-refractivity contribution in [1.82, 2.24) is 14.5 Å². The van der Waals surface area contributed by atoms with Gasteiger partial charge in [0.25, 0.3) is 5.56 Å². The average molecular weight is 494 g/mol. The van der Waals surface area contributed by atoms with Gasteiger partial charge in [0.2, 0.25) is 0 Å². The fourth-order valence-corrected chi connectivity index (χ4v) is 7.62. The first-order valence-corrected chi connectivity index (χ1v) is 14.0. The lowest BCUT2D eigenvalue weighted by Crippen LogP contribution is -2.51. The molecule has 1 unspecified atom stereocenters. The number of nitrogens with zero attached hydrogens (tertiary/aromatic N) is 4. The van der Waals surface area contributed by atoms with Gasteiger partial charge in [-0.1, -0.05) is 44.2 Å². The van der Waals surface area contributed by atoms with Crippen LogP contribution in [0.15, 0.2) is 29.1 Å². The van der Waals surface area contributed by atoms with Crippen LogP contribution in [0.4, 0.5) is 5.82 Å². The van der Waals surface area contributed by atoms with Gasteiger partial charge >= 0.3 is 5.97 Å². The van der Waals surface area contributed by atoms with Gasteiger partial charge in [0.1, 0.15) is 5.54 Å². The summed E-state index contributed by atoms with van der Waals surface area (Å²) in [6, 6.07) is 9.79. The quantitative estimate of drug-likeness (QED) is 0.670. The highest BCUT2D eigenvalue weighted by atomic mass is 16.4. The molecule has 1 aromatic heterocycles. The number of aromatic nitrogens is 2. The van der Waals surface area contributed by atoms with E-state index in [9.17, 15) is 14.7 Å². The van der Waals surface area contributed by atoms with E-state index in [1.165, 1.54) is 57.8 Å². The van der Waals surface area contributed by atoms with Crippen LogP contribution in [0.2, 0.25) is 0 Å². The summed E-state index contributed by atoms with van der Waals surface area (Å²) >= 11 is 0. The lowest BCUT2D eigenvalue weighted by atomic mass is 9.89. The molecule has 1 aliphatic carbocycles. The van der Waals surface area contributed by atoms with Crippen molar-refractivity contribution in [2.45, 2.75) is 107 Å². The van der Waals surface area contributed by atoms with Crippen LogP contribution >= 0.6 is 0 Å². The molecular weight excluding hydrogens is 454 g/mol. The monoisotopic (exact) mass is 493 g/mol. The molecule has 6 rings (SSSR count). The molecule has 4 aliphatic rings. The third-order valence-electron chi connectivity index (χ3n) is 9.43. The van der Waals surface area contributed by atoms with Crippen molar-refractivity contribution in [3.63, 3.8) is 0 Å². The maximum atomic E-state index is 14.0. The molecule has 0 amide bonds. The lowest BCUT2D eigenvalue weighted by Gasteiger charge is -2.45. The Balaban J connectivity index is 1.33. The van der Waals surface area contributed by atoms with E-state index in [-0.39, 0.29) is 18.1 Å². The molecule has 3 N–H and O–H groups in total. The number of carbonyl (C=O) groups is 1. The second-order valence-corrected chi connectivity index (χ2v) is 11.7. The van der Waals surface area contributed by atoms with Crippen molar-refractivity contribution in [3.05, 3.63) is 34.6 Å². The molecule has 2 bridgehead atoms. The predicted octanol–water partition coefficient (Wildman–Crippen LogP) is 3.67. The summed E-state index contributed by atoms with van der Waals surface area (Å²) in [4.78, 5) is 35.1. The smallest absolute Gasteiger partial charge is 0.325 e. The zero-order valence-corrected chi connectivity index (χ0v) is 21.1. The minimum Gasteiger partial charge on any atom is -0.480 e. The van der Waals surface area contributed by atoms with Gasteiger partial charge in [-0.2, -0.15) is 0 Å². The van der Waals surface area contributed by atoms with Gasteiger partial charge in [-0.15, -0.1) is 0 Å². The van der Waals surface area contributed by atoms with E-state index in [2.05, 4.69) is 4.90 Å². The van der Waals surface area contributed by atoms with Crippen molar-refractivity contribution in [3.8, 4) is 0 Å². The molecule has 0 radical (unpaired) electrons. The predicted molar refractivity (Wildman–Crippen MR) is 140 cm³/mol. The van der Waals surface area contributed by atoms with Crippen molar-refractivity contribution in [1.29, 1.82) is 0 Å². The number of carboxylic acid groups (broad SMARTS) is 1. The van der Waals surface area contributed by atoms with Gasteiger partial charge in [-0.25, -0.2) is 4.98 Å². The van der Waals surface area contributed by atoms with Crippen molar-refractivity contribution < 1.29 is 9.90 Å². The summed E-state index contributed by atoms with van der Waals surface area (Å²) in [7, 11) is 0. The zero-order valence-electron chi connectivity index (χ0n) is 21.1. The van der Waals surface area contributed by atoms with Crippen LogP contribution in [-0.2, 0) is 4.79 Å². The zero-order chi connectivity index (χ0) is 24.9. The molecule has 8 nitrogen and oxygen atoms in total. The first kappa shape index (κ1) is 23.9. The maximum absolute atomic E-state index is 14.0. The normalized spacial score (nSPS) is 32.0. The van der Waals surface area contributed by atoms with Gasteiger partial charge in [0.05, 0.1) is 11.0 Å². The van der Waals surface area contributed by atoms with E-state index >= 15 is 0 Å². The number of anilines is 1. The Labute approximate surface area is 212 Å². The van der Waals surface area contributed by atoms with Gasteiger partial charge in [-0.3, -0.25) is 14.5 Å². The highest BCUT2D eigenvalue weighted by molar-refractivity contribution is 5.81. The highest BCUT2D eigenvalue weighted by Crippen LogP contribution is 2.44. The number of rotatable bonds is 4. The molecule has 3 saturated heterocycles. The molecule has 0 spiro atoms. The third kappa shape index (κ3) is 4.12. The van der Waals surface area contributed by atoms with Crippen LogP contribution in [0.1, 0.15) is 83.1 Å². The number of hydrogen-bond acceptors (Lipinski definition) is 6. The Morgan fingerprint density at radius 1 is 0.944 bits per heavy atom. The average Bonchev–Trinajstić information content (AvgIpc) is 3.36. The van der Waals surface area contributed by atoms with E-state index in [1.54, 1.807) is 4.90 Å². The van der Waals surface area contributed by atoms with Crippen LogP contribution in [-0.4, -0.2) is 62.3 Å². The first-order chi connectivity index (χ1) is 17.4. The molecule has 4 fully saturated rings. The molecule has 4 atom stereocenters. The largest absolute Gasteiger partial charge is 0.480 e. The highest BCUT2D eigenvalue weighted by Gasteiger charge is 2.46. The molecule has 194 valence electrons. The number of aliphatic carboxylic acids is 1. The second-order valence-electron chi connectivity index (χ2n) is 11.7. The number of fused-ring (bicyclic) bond motifs is 3. The standard InChI is InChI=1S/C28H39N5O3/c29-28(27(35)36)14-15-31(18-28)25-26(34)33(24-11-7-6-10-23(24)30-25)22-16-20-12-13-21(17-22)32(20)19-8-4-2-1-3-5-9-19/h6-7,10-11,19-22H,1-5,8-9,12-18,29H2,(H,35,36)/t20-,21+,22+,28?. The third-order valence-corrected chi connectivity index (χ3v) is 9.43. The molecule has 2 aromatic rings. The van der Waals surface area contributed by atoms with Gasteiger partial charge in [0, 0.05) is 37.3 Å². The summed E-state index contributed by atoms with van der Waals surface area (Å²) < 4.78 is 2.00. The number of para-hydroxylation sites is 2. The summed E-state index contributed by atoms with van der Waals surface area (Å²) in [5.74, 6) is -0.679. The number of hydrogen-bond donors (Lipinski definition) is 2. The lowest BCUT2D eigenvalue weighted by molar-refractivity contribution is -0.142.